The Labute approximate surface area is 126 Å². The molecule has 0 aliphatic carbocycles. The molecule has 0 bridgehead atoms. The lowest BCUT2D eigenvalue weighted by molar-refractivity contribution is 0.200. The summed E-state index contributed by atoms with van der Waals surface area (Å²) in [6, 6.07) is 6.22. The number of hydrogen-bond acceptors (Lipinski definition) is 3. The fourth-order valence-corrected chi connectivity index (χ4v) is 2.47. The van der Waals surface area contributed by atoms with E-state index in [1.54, 1.807) is 29.1 Å². The Morgan fingerprint density at radius 2 is 2.10 bits per heavy atom. The lowest BCUT2D eigenvalue weighted by Crippen LogP contribution is -2.21. The quantitative estimate of drug-likeness (QED) is 0.908. The average molecular weight is 342 g/mol. The summed E-state index contributed by atoms with van der Waals surface area (Å²) >= 11 is 3.37. The molecular formula is C14H17BrFN3O. The standard InChI is InChI=1S/C14H17BrFN3O/c1-18(2)7-8-19-13(11(15)9-17-19)14(20)10-5-3-4-6-12(10)16/h3-6,9,14,20H,7-8H2,1-2H3. The van der Waals surface area contributed by atoms with E-state index in [0.717, 1.165) is 6.54 Å². The summed E-state index contributed by atoms with van der Waals surface area (Å²) < 4.78 is 16.2. The van der Waals surface area contributed by atoms with Crippen LogP contribution in [0.1, 0.15) is 17.4 Å². The highest BCUT2D eigenvalue weighted by molar-refractivity contribution is 9.10. The first-order valence-electron chi connectivity index (χ1n) is 6.29. The van der Waals surface area contributed by atoms with Gasteiger partial charge in [-0.1, -0.05) is 18.2 Å². The van der Waals surface area contributed by atoms with Crippen molar-refractivity contribution in [1.82, 2.24) is 14.7 Å². The maximum absolute atomic E-state index is 13.8. The van der Waals surface area contributed by atoms with Crippen LogP contribution in [-0.2, 0) is 6.54 Å². The molecule has 2 rings (SSSR count). The number of aliphatic hydroxyl groups is 1. The van der Waals surface area contributed by atoms with Gasteiger partial charge in [-0.2, -0.15) is 5.10 Å². The van der Waals surface area contributed by atoms with Gasteiger partial charge in [-0.05, 0) is 36.1 Å². The van der Waals surface area contributed by atoms with E-state index in [-0.39, 0.29) is 5.56 Å². The molecule has 1 aromatic heterocycles. The number of aliphatic hydroxyl groups excluding tert-OH is 1. The van der Waals surface area contributed by atoms with Crippen LogP contribution in [0.5, 0.6) is 0 Å². The minimum atomic E-state index is -1.05. The maximum Gasteiger partial charge on any atom is 0.129 e. The van der Waals surface area contributed by atoms with Crippen molar-refractivity contribution in [3.8, 4) is 0 Å². The Hall–Kier alpha value is -1.24. The first-order valence-corrected chi connectivity index (χ1v) is 7.08. The third kappa shape index (κ3) is 3.26. The highest BCUT2D eigenvalue weighted by Crippen LogP contribution is 2.29. The van der Waals surface area contributed by atoms with E-state index in [2.05, 4.69) is 21.0 Å². The summed E-state index contributed by atoms with van der Waals surface area (Å²) in [5.41, 5.74) is 0.816. The monoisotopic (exact) mass is 341 g/mol. The normalized spacial score (nSPS) is 12.9. The van der Waals surface area contributed by atoms with Gasteiger partial charge in [0.1, 0.15) is 11.9 Å². The van der Waals surface area contributed by atoms with Crippen molar-refractivity contribution in [2.45, 2.75) is 12.6 Å². The molecule has 1 atom stereocenters. The Balaban J connectivity index is 2.32. The summed E-state index contributed by atoms with van der Waals surface area (Å²) in [7, 11) is 3.93. The molecule has 6 heteroatoms. The Bertz CT molecular complexity index is 586. The van der Waals surface area contributed by atoms with Crippen molar-refractivity contribution in [1.29, 1.82) is 0 Å². The molecule has 0 saturated carbocycles. The first-order chi connectivity index (χ1) is 9.50. The van der Waals surface area contributed by atoms with Gasteiger partial charge >= 0.3 is 0 Å². The number of nitrogens with zero attached hydrogens (tertiary/aromatic N) is 3. The van der Waals surface area contributed by atoms with E-state index >= 15 is 0 Å². The lowest BCUT2D eigenvalue weighted by atomic mass is 10.1. The molecule has 108 valence electrons. The van der Waals surface area contributed by atoms with Crippen molar-refractivity contribution in [2.75, 3.05) is 20.6 Å². The summed E-state index contributed by atoms with van der Waals surface area (Å²) in [6.07, 6.45) is 0.574. The summed E-state index contributed by atoms with van der Waals surface area (Å²) in [6.45, 7) is 1.41. The molecule has 2 aromatic rings. The van der Waals surface area contributed by atoms with Crippen molar-refractivity contribution in [3.05, 3.63) is 52.0 Å². The molecule has 1 aromatic carbocycles. The van der Waals surface area contributed by atoms with Gasteiger partial charge in [-0.15, -0.1) is 0 Å². The highest BCUT2D eigenvalue weighted by Gasteiger charge is 2.22. The van der Waals surface area contributed by atoms with Crippen LogP contribution in [0.15, 0.2) is 34.9 Å². The molecule has 1 unspecified atom stereocenters. The molecule has 4 nitrogen and oxygen atoms in total. The van der Waals surface area contributed by atoms with E-state index in [1.165, 1.54) is 6.07 Å². The van der Waals surface area contributed by atoms with Crippen molar-refractivity contribution >= 4 is 15.9 Å². The number of halogens is 2. The summed E-state index contributed by atoms with van der Waals surface area (Å²) in [5, 5.41) is 14.7. The van der Waals surface area contributed by atoms with Crippen LogP contribution in [0.2, 0.25) is 0 Å². The van der Waals surface area contributed by atoms with E-state index in [4.69, 9.17) is 0 Å². The number of likely N-dealkylation sites (N-methyl/N-ethyl adjacent to an activating group) is 1. The highest BCUT2D eigenvalue weighted by atomic mass is 79.9. The smallest absolute Gasteiger partial charge is 0.129 e. The van der Waals surface area contributed by atoms with Gasteiger partial charge in [-0.3, -0.25) is 4.68 Å². The van der Waals surface area contributed by atoms with Crippen molar-refractivity contribution < 1.29 is 9.50 Å². The lowest BCUT2D eigenvalue weighted by Gasteiger charge is -2.17. The number of hydrogen-bond donors (Lipinski definition) is 1. The molecule has 20 heavy (non-hydrogen) atoms. The van der Waals surface area contributed by atoms with Gasteiger partial charge in [0.15, 0.2) is 0 Å². The van der Waals surface area contributed by atoms with Gasteiger partial charge < -0.3 is 10.0 Å². The van der Waals surface area contributed by atoms with Crippen LogP contribution < -0.4 is 0 Å². The summed E-state index contributed by atoms with van der Waals surface area (Å²) in [4.78, 5) is 2.02. The number of rotatable bonds is 5. The topological polar surface area (TPSA) is 41.3 Å². The average Bonchev–Trinajstić information content (AvgIpc) is 2.77. The van der Waals surface area contributed by atoms with Crippen LogP contribution >= 0.6 is 15.9 Å². The molecule has 0 amide bonds. The second kappa shape index (κ2) is 6.47. The second-order valence-electron chi connectivity index (χ2n) is 4.83. The van der Waals surface area contributed by atoms with E-state index in [9.17, 15) is 9.50 Å². The zero-order chi connectivity index (χ0) is 14.7. The van der Waals surface area contributed by atoms with Gasteiger partial charge in [0.25, 0.3) is 0 Å². The SMILES string of the molecule is CN(C)CCn1ncc(Br)c1C(O)c1ccccc1F. The van der Waals surface area contributed by atoms with Crippen LogP contribution in [-0.4, -0.2) is 40.4 Å². The molecule has 0 aliphatic heterocycles. The van der Waals surface area contributed by atoms with E-state index < -0.39 is 11.9 Å². The molecule has 1 heterocycles. The molecule has 0 radical (unpaired) electrons. The zero-order valence-electron chi connectivity index (χ0n) is 11.4. The second-order valence-corrected chi connectivity index (χ2v) is 5.68. The fourth-order valence-electron chi connectivity index (χ4n) is 1.96. The van der Waals surface area contributed by atoms with Gasteiger partial charge in [0, 0.05) is 12.1 Å². The minimum Gasteiger partial charge on any atom is -0.382 e. The van der Waals surface area contributed by atoms with E-state index in [1.807, 2.05) is 19.0 Å². The molecule has 0 spiro atoms. The zero-order valence-corrected chi connectivity index (χ0v) is 13.0. The molecular weight excluding hydrogens is 325 g/mol. The van der Waals surface area contributed by atoms with Gasteiger partial charge in [-0.25, -0.2) is 4.39 Å². The third-order valence-electron chi connectivity index (χ3n) is 3.05. The minimum absolute atomic E-state index is 0.250. The third-order valence-corrected chi connectivity index (χ3v) is 3.66. The van der Waals surface area contributed by atoms with Crippen LogP contribution in [0.25, 0.3) is 0 Å². The molecule has 0 fully saturated rings. The predicted octanol–water partition coefficient (Wildman–Crippen LogP) is 2.43. The Kier molecular flexibility index (Phi) is 4.91. The molecule has 0 saturated heterocycles. The van der Waals surface area contributed by atoms with Crippen LogP contribution in [0, 0.1) is 5.82 Å². The van der Waals surface area contributed by atoms with Crippen molar-refractivity contribution in [2.24, 2.45) is 0 Å². The van der Waals surface area contributed by atoms with Crippen molar-refractivity contribution in [3.63, 3.8) is 0 Å². The molecule has 0 aliphatic rings. The predicted molar refractivity (Wildman–Crippen MR) is 78.9 cm³/mol. The Morgan fingerprint density at radius 1 is 1.40 bits per heavy atom. The van der Waals surface area contributed by atoms with Crippen LogP contribution in [0.3, 0.4) is 0 Å². The molecule has 1 N–H and O–H groups in total. The van der Waals surface area contributed by atoms with E-state index in [0.29, 0.717) is 16.7 Å². The van der Waals surface area contributed by atoms with Crippen LogP contribution in [0.4, 0.5) is 4.39 Å². The number of aromatic nitrogens is 2. The maximum atomic E-state index is 13.8. The summed E-state index contributed by atoms with van der Waals surface area (Å²) in [5.74, 6) is -0.424. The largest absolute Gasteiger partial charge is 0.382 e. The number of benzene rings is 1. The fraction of sp³-hybridized carbons (Fsp3) is 0.357. The Morgan fingerprint density at radius 3 is 2.75 bits per heavy atom. The van der Waals surface area contributed by atoms with Gasteiger partial charge in [0.2, 0.25) is 0 Å². The first kappa shape index (κ1) is 15.2. The van der Waals surface area contributed by atoms with Gasteiger partial charge in [0.05, 0.1) is 22.9 Å².